The van der Waals surface area contributed by atoms with Crippen molar-refractivity contribution in [3.8, 4) is 5.75 Å². The lowest BCUT2D eigenvalue weighted by molar-refractivity contribution is 0.415. The molecule has 0 bridgehead atoms. The van der Waals surface area contributed by atoms with Gasteiger partial charge in [-0.1, -0.05) is 36.4 Å². The minimum Gasteiger partial charge on any atom is -0.497 e. The number of ether oxygens (including phenoxy) is 1. The maximum absolute atomic E-state index is 5.38. The van der Waals surface area contributed by atoms with E-state index in [1.165, 1.54) is 24.1 Å². The van der Waals surface area contributed by atoms with Gasteiger partial charge in [-0.2, -0.15) is 0 Å². The Bertz CT molecular complexity index is 838. The van der Waals surface area contributed by atoms with E-state index in [1.54, 1.807) is 7.11 Å². The first-order chi connectivity index (χ1) is 14.8. The number of nitrogens with one attached hydrogen (secondary N) is 1. The molecule has 2 unspecified atom stereocenters. The molecule has 2 fully saturated rings. The summed E-state index contributed by atoms with van der Waals surface area (Å²) in [6.45, 7) is 8.22. The van der Waals surface area contributed by atoms with E-state index in [1.807, 2.05) is 6.07 Å². The summed E-state index contributed by atoms with van der Waals surface area (Å²) in [6, 6.07) is 19.3. The molecule has 0 amide bonds. The maximum Gasteiger partial charge on any atom is 0.193 e. The van der Waals surface area contributed by atoms with Crippen molar-refractivity contribution >= 4 is 11.6 Å². The third kappa shape index (κ3) is 4.89. The summed E-state index contributed by atoms with van der Waals surface area (Å²) in [5.41, 5.74) is 2.69. The Morgan fingerprint density at radius 3 is 2.73 bits per heavy atom. The second-order valence-corrected chi connectivity index (χ2v) is 8.34. The van der Waals surface area contributed by atoms with E-state index in [0.29, 0.717) is 11.8 Å². The average Bonchev–Trinajstić information content (AvgIpc) is 3.47. The zero-order chi connectivity index (χ0) is 20.8. The third-order valence-corrected chi connectivity index (χ3v) is 6.30. The van der Waals surface area contributed by atoms with Gasteiger partial charge in [0.1, 0.15) is 5.75 Å². The van der Waals surface area contributed by atoms with Crippen LogP contribution in [0.15, 0.2) is 59.6 Å². The van der Waals surface area contributed by atoms with Gasteiger partial charge in [0, 0.05) is 56.9 Å². The van der Waals surface area contributed by atoms with Gasteiger partial charge >= 0.3 is 0 Å². The van der Waals surface area contributed by atoms with Gasteiger partial charge in [-0.05, 0) is 43.4 Å². The van der Waals surface area contributed by atoms with Crippen molar-refractivity contribution in [3.63, 3.8) is 0 Å². The standard InChI is InChI=1S/C25H34N4O/c1-3-26-25(29-15-13-22(19-29)21-8-5-4-6-9-21)27-17-20-12-14-28(18-20)23-10-7-11-24(16-23)30-2/h4-11,16,20,22H,3,12-15,17-19H2,1-2H3,(H,26,27). The second kappa shape index (κ2) is 9.88. The zero-order valence-electron chi connectivity index (χ0n) is 18.3. The number of hydrogen-bond acceptors (Lipinski definition) is 3. The predicted molar refractivity (Wildman–Crippen MR) is 125 cm³/mol. The topological polar surface area (TPSA) is 40.1 Å². The molecule has 0 radical (unpaired) electrons. The quantitative estimate of drug-likeness (QED) is 0.582. The van der Waals surface area contributed by atoms with Crippen molar-refractivity contribution in [1.82, 2.24) is 10.2 Å². The molecule has 2 atom stereocenters. The van der Waals surface area contributed by atoms with Crippen molar-refractivity contribution in [3.05, 3.63) is 60.2 Å². The molecule has 1 N–H and O–H groups in total. The van der Waals surface area contributed by atoms with E-state index >= 15 is 0 Å². The Hall–Kier alpha value is -2.69. The third-order valence-electron chi connectivity index (χ3n) is 6.30. The van der Waals surface area contributed by atoms with E-state index in [-0.39, 0.29) is 0 Å². The molecule has 2 aliphatic rings. The summed E-state index contributed by atoms with van der Waals surface area (Å²) < 4.78 is 5.38. The van der Waals surface area contributed by atoms with E-state index < -0.39 is 0 Å². The molecule has 4 rings (SSSR count). The predicted octanol–water partition coefficient (Wildman–Crippen LogP) is 3.98. The second-order valence-electron chi connectivity index (χ2n) is 8.34. The fourth-order valence-electron chi connectivity index (χ4n) is 4.61. The van der Waals surface area contributed by atoms with Crippen molar-refractivity contribution in [2.24, 2.45) is 10.9 Å². The lowest BCUT2D eigenvalue weighted by atomic mass is 9.99. The monoisotopic (exact) mass is 406 g/mol. The highest BCUT2D eigenvalue weighted by Gasteiger charge is 2.27. The summed E-state index contributed by atoms with van der Waals surface area (Å²) in [6.07, 6.45) is 2.38. The number of methoxy groups -OCH3 is 1. The number of rotatable bonds is 6. The van der Waals surface area contributed by atoms with Crippen LogP contribution in [0.4, 0.5) is 5.69 Å². The Kier molecular flexibility index (Phi) is 6.77. The molecular formula is C25H34N4O. The maximum atomic E-state index is 5.38. The van der Waals surface area contributed by atoms with Gasteiger partial charge < -0.3 is 19.9 Å². The summed E-state index contributed by atoms with van der Waals surface area (Å²) in [5.74, 6) is 3.20. The number of guanidine groups is 1. The first-order valence-electron chi connectivity index (χ1n) is 11.2. The van der Waals surface area contributed by atoms with Crippen LogP contribution in [0.25, 0.3) is 0 Å². The molecule has 160 valence electrons. The fraction of sp³-hybridized carbons (Fsp3) is 0.480. The van der Waals surface area contributed by atoms with Crippen LogP contribution in [-0.4, -0.2) is 57.2 Å². The van der Waals surface area contributed by atoms with E-state index in [4.69, 9.17) is 9.73 Å². The molecule has 0 aliphatic carbocycles. The van der Waals surface area contributed by atoms with E-state index in [2.05, 4.69) is 70.6 Å². The van der Waals surface area contributed by atoms with E-state index in [9.17, 15) is 0 Å². The lowest BCUT2D eigenvalue weighted by Crippen LogP contribution is -2.40. The number of benzene rings is 2. The van der Waals surface area contributed by atoms with Gasteiger partial charge in [0.2, 0.25) is 0 Å². The molecule has 2 aliphatic heterocycles. The molecule has 2 saturated heterocycles. The van der Waals surface area contributed by atoms with Gasteiger partial charge in [0.05, 0.1) is 7.11 Å². The Balaban J connectivity index is 1.35. The highest BCUT2D eigenvalue weighted by atomic mass is 16.5. The summed E-state index contributed by atoms with van der Waals surface area (Å²) in [4.78, 5) is 9.94. The lowest BCUT2D eigenvalue weighted by Gasteiger charge is -2.22. The van der Waals surface area contributed by atoms with Crippen LogP contribution in [0.3, 0.4) is 0 Å². The summed E-state index contributed by atoms with van der Waals surface area (Å²) in [5, 5.41) is 3.52. The molecule has 0 aromatic heterocycles. The number of anilines is 1. The van der Waals surface area contributed by atoms with Crippen molar-refractivity contribution in [2.45, 2.75) is 25.7 Å². The van der Waals surface area contributed by atoms with Crippen LogP contribution in [-0.2, 0) is 0 Å². The Morgan fingerprint density at radius 1 is 1.07 bits per heavy atom. The van der Waals surface area contributed by atoms with Gasteiger partial charge in [-0.25, -0.2) is 0 Å². The summed E-state index contributed by atoms with van der Waals surface area (Å²) >= 11 is 0. The van der Waals surface area contributed by atoms with Crippen LogP contribution in [0, 0.1) is 5.92 Å². The molecule has 5 heteroatoms. The number of aliphatic imine (C=N–C) groups is 1. The zero-order valence-corrected chi connectivity index (χ0v) is 18.3. The fourth-order valence-corrected chi connectivity index (χ4v) is 4.61. The minimum absolute atomic E-state index is 0.595. The first-order valence-corrected chi connectivity index (χ1v) is 11.2. The van der Waals surface area contributed by atoms with Crippen LogP contribution in [0.2, 0.25) is 0 Å². The molecule has 30 heavy (non-hydrogen) atoms. The average molecular weight is 407 g/mol. The highest BCUT2D eigenvalue weighted by Crippen LogP contribution is 2.28. The number of likely N-dealkylation sites (tertiary alicyclic amines) is 1. The van der Waals surface area contributed by atoms with Crippen molar-refractivity contribution in [2.75, 3.05) is 51.3 Å². The van der Waals surface area contributed by atoms with E-state index in [0.717, 1.165) is 51.0 Å². The van der Waals surface area contributed by atoms with Gasteiger partial charge in [-0.3, -0.25) is 4.99 Å². The van der Waals surface area contributed by atoms with Crippen LogP contribution >= 0.6 is 0 Å². The minimum atomic E-state index is 0.595. The molecular weight excluding hydrogens is 372 g/mol. The van der Waals surface area contributed by atoms with Crippen LogP contribution in [0.1, 0.15) is 31.2 Å². The normalized spacial score (nSPS) is 21.9. The molecule has 0 saturated carbocycles. The Labute approximate surface area is 180 Å². The number of nitrogens with zero attached hydrogens (tertiary/aromatic N) is 3. The highest BCUT2D eigenvalue weighted by molar-refractivity contribution is 5.80. The van der Waals surface area contributed by atoms with Crippen LogP contribution in [0.5, 0.6) is 5.75 Å². The van der Waals surface area contributed by atoms with Gasteiger partial charge in [0.15, 0.2) is 5.96 Å². The smallest absolute Gasteiger partial charge is 0.193 e. The first kappa shape index (κ1) is 20.6. The van der Waals surface area contributed by atoms with Crippen LogP contribution < -0.4 is 15.0 Å². The van der Waals surface area contributed by atoms with Crippen molar-refractivity contribution in [1.29, 1.82) is 0 Å². The molecule has 0 spiro atoms. The largest absolute Gasteiger partial charge is 0.497 e. The SMILES string of the molecule is CCNC(=NCC1CCN(c2cccc(OC)c2)C1)N1CCC(c2ccccc2)C1. The van der Waals surface area contributed by atoms with Gasteiger partial charge in [0.25, 0.3) is 0 Å². The summed E-state index contributed by atoms with van der Waals surface area (Å²) in [7, 11) is 1.73. The Morgan fingerprint density at radius 2 is 1.93 bits per heavy atom. The molecule has 2 heterocycles. The molecule has 5 nitrogen and oxygen atoms in total. The molecule has 2 aromatic carbocycles. The number of hydrogen-bond donors (Lipinski definition) is 1. The molecule has 2 aromatic rings. The van der Waals surface area contributed by atoms with Gasteiger partial charge in [-0.15, -0.1) is 0 Å². The van der Waals surface area contributed by atoms with Crippen molar-refractivity contribution < 1.29 is 4.74 Å².